The molecule has 0 bridgehead atoms. The highest BCUT2D eigenvalue weighted by molar-refractivity contribution is 7.18. The van der Waals surface area contributed by atoms with Crippen LogP contribution in [-0.4, -0.2) is 15.8 Å². The molecule has 1 amide bonds. The Morgan fingerprint density at radius 2 is 2.50 bits per heavy atom. The number of nitrogens with one attached hydrogen (secondary N) is 1. The molecular weight excluding hydrogens is 182 g/mol. The van der Waals surface area contributed by atoms with Gasteiger partial charge in [-0.15, -0.1) is 0 Å². The summed E-state index contributed by atoms with van der Waals surface area (Å²) in [5.74, 6) is -0.292. The first-order chi connectivity index (χ1) is 5.59. The van der Waals surface area contributed by atoms with Crippen molar-refractivity contribution in [1.82, 2.24) is 4.98 Å². The summed E-state index contributed by atoms with van der Waals surface area (Å²) < 4.78 is 0. The van der Waals surface area contributed by atoms with E-state index >= 15 is 0 Å². The number of thiazole rings is 1. The van der Waals surface area contributed by atoms with E-state index in [9.17, 15) is 14.9 Å². The fourth-order valence-electron chi connectivity index (χ4n) is 0.558. The van der Waals surface area contributed by atoms with Crippen LogP contribution in [-0.2, 0) is 4.79 Å². The highest BCUT2D eigenvalue weighted by atomic mass is 32.1. The van der Waals surface area contributed by atoms with Crippen LogP contribution in [0.2, 0.25) is 0 Å². The van der Waals surface area contributed by atoms with Crippen molar-refractivity contribution in [2.45, 2.75) is 6.92 Å². The van der Waals surface area contributed by atoms with Crippen LogP contribution >= 0.6 is 11.3 Å². The highest BCUT2D eigenvalue weighted by Crippen LogP contribution is 2.24. The number of amides is 1. The van der Waals surface area contributed by atoms with Crippen molar-refractivity contribution in [1.29, 1.82) is 0 Å². The third-order valence-electron chi connectivity index (χ3n) is 0.956. The molecule has 7 heteroatoms. The minimum atomic E-state index is -0.553. The Morgan fingerprint density at radius 1 is 1.83 bits per heavy atom. The molecule has 0 spiro atoms. The summed E-state index contributed by atoms with van der Waals surface area (Å²) >= 11 is 0.827. The molecule has 0 aromatic carbocycles. The van der Waals surface area contributed by atoms with Gasteiger partial charge in [0, 0.05) is 6.92 Å². The molecule has 0 aliphatic heterocycles. The summed E-state index contributed by atoms with van der Waals surface area (Å²) in [7, 11) is 0. The van der Waals surface area contributed by atoms with Gasteiger partial charge in [-0.2, -0.15) is 0 Å². The average Bonchev–Trinajstić information content (AvgIpc) is 2.34. The molecule has 1 aromatic rings. The fourth-order valence-corrected chi connectivity index (χ4v) is 1.24. The van der Waals surface area contributed by atoms with Gasteiger partial charge in [-0.3, -0.25) is 14.9 Å². The monoisotopic (exact) mass is 187 g/mol. The van der Waals surface area contributed by atoms with Crippen molar-refractivity contribution < 1.29 is 9.72 Å². The molecule has 0 fully saturated rings. The van der Waals surface area contributed by atoms with Crippen molar-refractivity contribution in [2.75, 3.05) is 5.32 Å². The Balaban J connectivity index is 2.77. The predicted octanol–water partition coefficient (Wildman–Crippen LogP) is 1.01. The number of aromatic nitrogens is 1. The summed E-state index contributed by atoms with van der Waals surface area (Å²) in [4.78, 5) is 23.7. The van der Waals surface area contributed by atoms with Crippen molar-refractivity contribution in [2.24, 2.45) is 0 Å². The average molecular weight is 187 g/mol. The van der Waals surface area contributed by atoms with Gasteiger partial charge in [0.25, 0.3) is 0 Å². The van der Waals surface area contributed by atoms with Crippen LogP contribution in [0.4, 0.5) is 10.1 Å². The molecule has 1 N–H and O–H groups in total. The lowest BCUT2D eigenvalue weighted by molar-refractivity contribution is -0.380. The zero-order valence-corrected chi connectivity index (χ0v) is 6.92. The maximum Gasteiger partial charge on any atom is 0.345 e. The van der Waals surface area contributed by atoms with E-state index in [-0.39, 0.29) is 16.0 Å². The first-order valence-electron chi connectivity index (χ1n) is 2.97. The lowest BCUT2D eigenvalue weighted by Gasteiger charge is -1.90. The smallest absolute Gasteiger partial charge is 0.302 e. The second kappa shape index (κ2) is 3.26. The van der Waals surface area contributed by atoms with E-state index in [4.69, 9.17) is 0 Å². The quantitative estimate of drug-likeness (QED) is 0.553. The van der Waals surface area contributed by atoms with Crippen LogP contribution < -0.4 is 5.32 Å². The number of rotatable bonds is 2. The van der Waals surface area contributed by atoms with Gasteiger partial charge >= 0.3 is 5.00 Å². The minimum absolute atomic E-state index is 0.0845. The summed E-state index contributed by atoms with van der Waals surface area (Å²) in [5.41, 5.74) is 0. The summed E-state index contributed by atoms with van der Waals surface area (Å²) in [6, 6.07) is 0. The van der Waals surface area contributed by atoms with Crippen LogP contribution in [0.3, 0.4) is 0 Å². The van der Waals surface area contributed by atoms with E-state index in [0.29, 0.717) is 0 Å². The Kier molecular flexibility index (Phi) is 2.34. The van der Waals surface area contributed by atoms with Gasteiger partial charge in [-0.25, -0.2) is 4.98 Å². The molecule has 0 radical (unpaired) electrons. The van der Waals surface area contributed by atoms with E-state index in [0.717, 1.165) is 17.5 Å². The lowest BCUT2D eigenvalue weighted by atomic mass is 10.7. The molecule has 0 atom stereocenters. The van der Waals surface area contributed by atoms with Gasteiger partial charge in [0.05, 0.1) is 4.92 Å². The molecule has 12 heavy (non-hydrogen) atoms. The Hall–Kier alpha value is -1.50. The number of anilines is 1. The van der Waals surface area contributed by atoms with E-state index in [1.54, 1.807) is 0 Å². The minimum Gasteiger partial charge on any atom is -0.302 e. The second-order valence-electron chi connectivity index (χ2n) is 1.94. The Labute approximate surface area is 71.4 Å². The number of hydrogen-bond donors (Lipinski definition) is 1. The molecule has 1 aromatic heterocycles. The zero-order valence-electron chi connectivity index (χ0n) is 6.10. The molecule has 0 saturated heterocycles. The Bertz CT molecular complexity index is 321. The van der Waals surface area contributed by atoms with Gasteiger partial charge in [0.1, 0.15) is 6.20 Å². The van der Waals surface area contributed by atoms with Crippen molar-refractivity contribution in [3.63, 3.8) is 0 Å². The maximum absolute atomic E-state index is 10.5. The van der Waals surface area contributed by atoms with Crippen molar-refractivity contribution in [3.8, 4) is 0 Å². The zero-order chi connectivity index (χ0) is 9.14. The summed E-state index contributed by atoms with van der Waals surface area (Å²) in [5, 5.41) is 12.7. The van der Waals surface area contributed by atoms with Crippen LogP contribution in [0.15, 0.2) is 6.20 Å². The number of nitrogens with zero attached hydrogens (tertiary/aromatic N) is 2. The first-order valence-corrected chi connectivity index (χ1v) is 3.79. The van der Waals surface area contributed by atoms with E-state index in [1.165, 1.54) is 6.92 Å². The molecule has 0 saturated carbocycles. The number of carbonyl (C=O) groups excluding carboxylic acids is 1. The topological polar surface area (TPSA) is 85.1 Å². The van der Waals surface area contributed by atoms with Crippen LogP contribution in [0.1, 0.15) is 6.92 Å². The number of nitro groups is 1. The van der Waals surface area contributed by atoms with Crippen LogP contribution in [0.5, 0.6) is 0 Å². The van der Waals surface area contributed by atoms with E-state index in [1.807, 2.05) is 0 Å². The van der Waals surface area contributed by atoms with Crippen LogP contribution in [0, 0.1) is 10.1 Å². The SMILES string of the molecule is CC(=O)Nc1ncc([N+](=O)[O-])s1. The number of hydrogen-bond acceptors (Lipinski definition) is 5. The van der Waals surface area contributed by atoms with Gasteiger partial charge < -0.3 is 5.32 Å². The van der Waals surface area contributed by atoms with Crippen molar-refractivity contribution >= 4 is 27.4 Å². The van der Waals surface area contributed by atoms with Gasteiger partial charge in [-0.1, -0.05) is 0 Å². The molecule has 6 nitrogen and oxygen atoms in total. The standard InChI is InChI=1S/C5H5N3O3S/c1-3(9)7-5-6-2-4(12-5)8(10)11/h2H,1H3,(H,6,7,9). The molecule has 1 heterocycles. The van der Waals surface area contributed by atoms with Crippen LogP contribution in [0.25, 0.3) is 0 Å². The van der Waals surface area contributed by atoms with Crippen molar-refractivity contribution in [3.05, 3.63) is 16.3 Å². The number of carbonyl (C=O) groups is 1. The predicted molar refractivity (Wildman–Crippen MR) is 43.1 cm³/mol. The molecule has 0 unspecified atom stereocenters. The molecule has 0 aliphatic carbocycles. The third-order valence-corrected chi connectivity index (χ3v) is 1.82. The normalized spacial score (nSPS) is 9.42. The highest BCUT2D eigenvalue weighted by Gasteiger charge is 2.11. The molecular formula is C5H5N3O3S. The largest absolute Gasteiger partial charge is 0.345 e. The van der Waals surface area contributed by atoms with E-state index in [2.05, 4.69) is 10.3 Å². The third kappa shape index (κ3) is 1.99. The first kappa shape index (κ1) is 8.60. The maximum atomic E-state index is 10.5. The van der Waals surface area contributed by atoms with Gasteiger partial charge in [0.15, 0.2) is 5.13 Å². The van der Waals surface area contributed by atoms with E-state index < -0.39 is 4.92 Å². The molecule has 64 valence electrons. The van der Waals surface area contributed by atoms with Gasteiger partial charge in [-0.05, 0) is 11.3 Å². The lowest BCUT2D eigenvalue weighted by Crippen LogP contribution is -2.04. The summed E-state index contributed by atoms with van der Waals surface area (Å²) in [6.07, 6.45) is 1.11. The fraction of sp³-hybridized carbons (Fsp3) is 0.200. The second-order valence-corrected chi connectivity index (χ2v) is 2.95. The Morgan fingerprint density at radius 3 is 2.92 bits per heavy atom. The van der Waals surface area contributed by atoms with Gasteiger partial charge in [0.2, 0.25) is 5.91 Å². The molecule has 1 rings (SSSR count). The molecule has 0 aliphatic rings. The summed E-state index contributed by atoms with van der Waals surface area (Å²) in [6.45, 7) is 1.31.